The first-order chi connectivity index (χ1) is 9.45. The third kappa shape index (κ3) is 16.1. The minimum Gasteiger partial charge on any atom is -0.251 e. The monoisotopic (exact) mass is 334 g/mol. The van der Waals surface area contributed by atoms with Crippen LogP contribution in [0.15, 0.2) is 0 Å². The highest BCUT2D eigenvalue weighted by Gasteiger charge is 2.35. The van der Waals surface area contributed by atoms with E-state index in [-0.39, 0.29) is 13.1 Å². The Bertz CT molecular complexity index is 211. The molecule has 0 aromatic carbocycles. The molecule has 0 aromatic heterocycles. The largest absolute Gasteiger partial charge is 0.616 e. The van der Waals surface area contributed by atoms with Gasteiger partial charge in [0.05, 0.1) is 12.8 Å². The Morgan fingerprint density at radius 1 is 0.850 bits per heavy atom. The molecule has 0 aliphatic carbocycles. The van der Waals surface area contributed by atoms with Crippen molar-refractivity contribution in [2.75, 3.05) is 6.67 Å². The average Bonchev–Trinajstić information content (AvgIpc) is 2.36. The first-order valence-electron chi connectivity index (χ1n) is 7.72. The van der Waals surface area contributed by atoms with E-state index < -0.39 is 30.8 Å². The van der Waals surface area contributed by atoms with E-state index in [1.165, 1.54) is 0 Å². The number of halogens is 5. The third-order valence-electron chi connectivity index (χ3n) is 3.38. The second-order valence-electron chi connectivity index (χ2n) is 5.41. The summed E-state index contributed by atoms with van der Waals surface area (Å²) in [4.78, 5) is 0. The Kier molecular flexibility index (Phi) is 12.9. The predicted octanol–water partition coefficient (Wildman–Crippen LogP) is 5.27. The van der Waals surface area contributed by atoms with Crippen molar-refractivity contribution in [1.82, 2.24) is 0 Å². The van der Waals surface area contributed by atoms with Crippen LogP contribution in [-0.2, 0) is 0 Å². The van der Waals surface area contributed by atoms with Gasteiger partial charge in [-0.2, -0.15) is 0 Å². The fourth-order valence-corrected chi connectivity index (χ4v) is 4.56. The summed E-state index contributed by atoms with van der Waals surface area (Å²) in [5.74, 6) is 0. The molecule has 0 aliphatic heterocycles. The summed E-state index contributed by atoms with van der Waals surface area (Å²) in [7, 11) is -5.73. The van der Waals surface area contributed by atoms with Crippen molar-refractivity contribution in [1.29, 1.82) is 0 Å². The predicted molar refractivity (Wildman–Crippen MR) is 79.9 cm³/mol. The number of hydrogen-bond donors (Lipinski definition) is 0. The van der Waals surface area contributed by atoms with Gasteiger partial charge in [-0.3, -0.25) is 4.39 Å². The van der Waals surface area contributed by atoms with Crippen LogP contribution in [0.3, 0.4) is 0 Å². The lowest BCUT2D eigenvalue weighted by molar-refractivity contribution is 0.326. The maximum Gasteiger partial charge on any atom is 0.616 e. The van der Waals surface area contributed by atoms with E-state index in [1.54, 1.807) is 0 Å². The maximum absolute atomic E-state index is 13.4. The summed E-state index contributed by atoms with van der Waals surface area (Å²) >= 11 is 0. The lowest BCUT2D eigenvalue weighted by atomic mass is 10.1. The second-order valence-corrected chi connectivity index (χ2v) is 9.13. The van der Waals surface area contributed by atoms with Crippen molar-refractivity contribution in [3.8, 4) is 0 Å². The summed E-state index contributed by atoms with van der Waals surface area (Å²) in [5.41, 5.74) is 0. The van der Waals surface area contributed by atoms with E-state index >= 15 is 0 Å². The van der Waals surface area contributed by atoms with E-state index in [1.807, 2.05) is 0 Å². The van der Waals surface area contributed by atoms with Crippen molar-refractivity contribution in [3.63, 3.8) is 0 Å². The number of unbranched alkanes of at least 4 members (excludes halogenated alkanes) is 5. The van der Waals surface area contributed by atoms with Gasteiger partial charge >= 0.3 is 9.08 Å². The van der Waals surface area contributed by atoms with Crippen molar-refractivity contribution in [2.24, 2.45) is 0 Å². The molecule has 20 heavy (non-hydrogen) atoms. The van der Waals surface area contributed by atoms with E-state index in [0.717, 1.165) is 31.7 Å². The molecule has 0 aliphatic rings. The van der Waals surface area contributed by atoms with Crippen LogP contribution in [0, 0.1) is 0 Å². The quantitative estimate of drug-likeness (QED) is 0.176. The molecule has 0 bridgehead atoms. The van der Waals surface area contributed by atoms with Crippen LogP contribution >= 0.6 is 0 Å². The molecule has 0 heterocycles. The summed E-state index contributed by atoms with van der Waals surface area (Å²) in [5, 5.41) is 0. The van der Waals surface area contributed by atoms with Gasteiger partial charge in [0.25, 0.3) is 0 Å². The first kappa shape index (κ1) is 20.1. The summed E-state index contributed by atoms with van der Waals surface area (Å²) < 4.78 is 61.2. The van der Waals surface area contributed by atoms with E-state index in [2.05, 4.69) is 0 Å². The molecule has 1 unspecified atom stereocenters. The molecule has 0 rings (SSSR count). The SMILES string of the molecule is FCCCCCC(F)C[SiH2]CCCCCC[Si](F)(F)F. The van der Waals surface area contributed by atoms with Gasteiger partial charge in [-0.1, -0.05) is 38.1 Å². The van der Waals surface area contributed by atoms with Gasteiger partial charge in [-0.25, -0.2) is 16.7 Å². The molecule has 0 saturated heterocycles. The average molecular weight is 335 g/mol. The van der Waals surface area contributed by atoms with Crippen molar-refractivity contribution >= 4 is 18.6 Å². The van der Waals surface area contributed by atoms with E-state index in [9.17, 15) is 21.1 Å². The highest BCUT2D eigenvalue weighted by Crippen LogP contribution is 2.19. The van der Waals surface area contributed by atoms with E-state index in [4.69, 9.17) is 0 Å². The summed E-state index contributed by atoms with van der Waals surface area (Å²) in [6.07, 6.45) is 4.61. The highest BCUT2D eigenvalue weighted by atomic mass is 28.5. The molecule has 7 heteroatoms. The summed E-state index contributed by atoms with van der Waals surface area (Å²) in [6.45, 7) is -0.317. The smallest absolute Gasteiger partial charge is 0.251 e. The van der Waals surface area contributed by atoms with Crippen molar-refractivity contribution in [2.45, 2.75) is 75.7 Å². The van der Waals surface area contributed by atoms with Crippen molar-refractivity contribution < 1.29 is 21.1 Å². The van der Waals surface area contributed by atoms with Crippen LogP contribution in [-0.4, -0.2) is 31.4 Å². The maximum atomic E-state index is 13.4. The van der Waals surface area contributed by atoms with Crippen LogP contribution in [0.5, 0.6) is 0 Å². The topological polar surface area (TPSA) is 0 Å². The molecule has 1 atom stereocenters. The molecule has 0 fully saturated rings. The standard InChI is InChI=1S/C13H27F5Si2/c14-9-5-3-4-8-13(15)12-19-10-6-1-2-7-11-20(16,17)18/h13H,1-12,19H2. The zero-order chi connectivity index (χ0) is 15.3. The molecule has 0 amide bonds. The summed E-state index contributed by atoms with van der Waals surface area (Å²) in [6, 6.07) is 1.16. The number of hydrogen-bond acceptors (Lipinski definition) is 0. The normalized spacial score (nSPS) is 14.2. The third-order valence-corrected chi connectivity index (χ3v) is 6.33. The molecular weight excluding hydrogens is 307 g/mol. The fourth-order valence-electron chi connectivity index (χ4n) is 2.18. The van der Waals surface area contributed by atoms with Crippen LogP contribution in [0.2, 0.25) is 18.1 Å². The molecule has 0 saturated carbocycles. The molecule has 122 valence electrons. The van der Waals surface area contributed by atoms with Crippen LogP contribution in [0.25, 0.3) is 0 Å². The Balaban J connectivity index is 3.19. The van der Waals surface area contributed by atoms with Gasteiger partial charge in [0.15, 0.2) is 0 Å². The minimum atomic E-state index is -5.33. The first-order valence-corrected chi connectivity index (χ1v) is 11.6. The van der Waals surface area contributed by atoms with Crippen LogP contribution in [0.4, 0.5) is 21.1 Å². The molecule has 0 aromatic rings. The lowest BCUT2D eigenvalue weighted by Crippen LogP contribution is -2.13. The molecule has 0 spiro atoms. The Morgan fingerprint density at radius 2 is 1.50 bits per heavy atom. The molecule has 0 nitrogen and oxygen atoms in total. The Morgan fingerprint density at radius 3 is 2.15 bits per heavy atom. The van der Waals surface area contributed by atoms with Crippen LogP contribution < -0.4 is 0 Å². The van der Waals surface area contributed by atoms with Crippen LogP contribution in [0.1, 0.15) is 51.4 Å². The Labute approximate surface area is 122 Å². The second kappa shape index (κ2) is 12.8. The van der Waals surface area contributed by atoms with E-state index in [0.29, 0.717) is 25.3 Å². The van der Waals surface area contributed by atoms with Gasteiger partial charge in [0.2, 0.25) is 0 Å². The van der Waals surface area contributed by atoms with Gasteiger partial charge in [0, 0.05) is 15.6 Å². The van der Waals surface area contributed by atoms with Gasteiger partial charge in [0.1, 0.15) is 0 Å². The Hall–Kier alpha value is 0.0838. The molecule has 0 radical (unpaired) electrons. The molecular formula is C13H27F5Si2. The zero-order valence-electron chi connectivity index (χ0n) is 12.2. The highest BCUT2D eigenvalue weighted by molar-refractivity contribution is 6.58. The van der Waals surface area contributed by atoms with Gasteiger partial charge in [-0.15, -0.1) is 0 Å². The molecule has 0 N–H and O–H groups in total. The zero-order valence-corrected chi connectivity index (χ0v) is 14.6. The van der Waals surface area contributed by atoms with Gasteiger partial charge in [-0.05, 0) is 25.3 Å². The van der Waals surface area contributed by atoms with Crippen molar-refractivity contribution in [3.05, 3.63) is 0 Å². The fraction of sp³-hybridized carbons (Fsp3) is 1.00. The lowest BCUT2D eigenvalue weighted by Gasteiger charge is -2.07. The number of rotatable bonds is 14. The number of alkyl halides is 2. The minimum absolute atomic E-state index is 0.275. The van der Waals surface area contributed by atoms with Gasteiger partial charge < -0.3 is 0 Å².